The van der Waals surface area contributed by atoms with Gasteiger partial charge in [-0.3, -0.25) is 9.78 Å². The van der Waals surface area contributed by atoms with E-state index in [9.17, 15) is 4.79 Å². The van der Waals surface area contributed by atoms with Crippen LogP contribution < -0.4 is 10.2 Å². The van der Waals surface area contributed by atoms with Gasteiger partial charge in [0.2, 0.25) is 5.91 Å². The molecule has 1 aromatic heterocycles. The van der Waals surface area contributed by atoms with Crippen LogP contribution in [0.1, 0.15) is 32.1 Å². The molecule has 0 aliphatic carbocycles. The van der Waals surface area contributed by atoms with Crippen molar-refractivity contribution in [2.75, 3.05) is 11.9 Å². The lowest BCUT2D eigenvalue weighted by atomic mass is 9.89. The predicted molar refractivity (Wildman–Crippen MR) is 74.9 cm³/mol. The zero-order valence-corrected chi connectivity index (χ0v) is 11.4. The molecular formula is C15H21N3O. The molecule has 0 radical (unpaired) electrons. The van der Waals surface area contributed by atoms with Crippen molar-refractivity contribution in [2.24, 2.45) is 5.92 Å². The van der Waals surface area contributed by atoms with Crippen molar-refractivity contribution in [3.8, 4) is 0 Å². The first-order valence-corrected chi connectivity index (χ1v) is 7.15. The van der Waals surface area contributed by atoms with Gasteiger partial charge >= 0.3 is 0 Å². The van der Waals surface area contributed by atoms with Crippen LogP contribution in [0.5, 0.6) is 0 Å². The lowest BCUT2D eigenvalue weighted by Gasteiger charge is -2.29. The van der Waals surface area contributed by atoms with E-state index in [-0.39, 0.29) is 5.91 Å². The number of amides is 1. The number of hydrogen-bond acceptors (Lipinski definition) is 3. The Bertz CT molecular complexity index is 436. The second kappa shape index (κ2) is 5.29. The normalized spacial score (nSPS) is 29.2. The summed E-state index contributed by atoms with van der Waals surface area (Å²) in [6, 6.07) is 5.10. The molecule has 3 heterocycles. The third-order valence-corrected chi connectivity index (χ3v) is 4.44. The molecule has 3 rings (SSSR count). The Labute approximate surface area is 114 Å². The zero-order chi connectivity index (χ0) is 13.2. The first kappa shape index (κ1) is 12.6. The van der Waals surface area contributed by atoms with E-state index in [0.29, 0.717) is 24.4 Å². The minimum Gasteiger partial charge on any atom is -0.314 e. The highest BCUT2D eigenvalue weighted by molar-refractivity contribution is 5.92. The Hall–Kier alpha value is -1.42. The molecule has 2 aliphatic heterocycles. The summed E-state index contributed by atoms with van der Waals surface area (Å²) in [5.41, 5.74) is 0.879. The molecule has 4 nitrogen and oxygen atoms in total. The zero-order valence-electron chi connectivity index (χ0n) is 11.4. The highest BCUT2D eigenvalue weighted by Crippen LogP contribution is 2.33. The van der Waals surface area contributed by atoms with Crippen molar-refractivity contribution in [3.05, 3.63) is 24.5 Å². The van der Waals surface area contributed by atoms with E-state index in [1.807, 2.05) is 19.2 Å². The van der Waals surface area contributed by atoms with Crippen LogP contribution in [0.2, 0.25) is 0 Å². The molecule has 1 N–H and O–H groups in total. The summed E-state index contributed by atoms with van der Waals surface area (Å²) in [6.45, 7) is 0. The number of hydrogen-bond donors (Lipinski definition) is 1. The van der Waals surface area contributed by atoms with E-state index in [4.69, 9.17) is 0 Å². The van der Waals surface area contributed by atoms with Gasteiger partial charge in [0.25, 0.3) is 0 Å². The van der Waals surface area contributed by atoms with Crippen molar-refractivity contribution in [1.29, 1.82) is 0 Å². The lowest BCUT2D eigenvalue weighted by Crippen LogP contribution is -2.40. The van der Waals surface area contributed by atoms with E-state index < -0.39 is 0 Å². The van der Waals surface area contributed by atoms with Gasteiger partial charge in [-0.05, 0) is 43.7 Å². The highest BCUT2D eigenvalue weighted by Gasteiger charge is 2.34. The molecule has 2 atom stereocenters. The van der Waals surface area contributed by atoms with Gasteiger partial charge in [0.05, 0.1) is 11.9 Å². The second-order valence-electron chi connectivity index (χ2n) is 5.84. The molecule has 2 unspecified atom stereocenters. The van der Waals surface area contributed by atoms with Crippen LogP contribution in [0.3, 0.4) is 0 Å². The third kappa shape index (κ3) is 2.78. The van der Waals surface area contributed by atoms with Crippen LogP contribution in [-0.2, 0) is 4.79 Å². The fourth-order valence-corrected chi connectivity index (χ4v) is 3.42. The number of rotatable bonds is 3. The van der Waals surface area contributed by atoms with Gasteiger partial charge in [-0.15, -0.1) is 0 Å². The average Bonchev–Trinajstić information content (AvgIpc) is 2.78. The van der Waals surface area contributed by atoms with Crippen molar-refractivity contribution >= 4 is 11.6 Å². The summed E-state index contributed by atoms with van der Waals surface area (Å²) in [4.78, 5) is 18.1. The van der Waals surface area contributed by atoms with Crippen molar-refractivity contribution < 1.29 is 4.79 Å². The SMILES string of the molecule is CN(C(=O)CC1CC2CCC(C1)N2)c1cccnc1. The van der Waals surface area contributed by atoms with Crippen LogP contribution in [-0.4, -0.2) is 30.0 Å². The minimum atomic E-state index is 0.208. The Morgan fingerprint density at radius 1 is 1.42 bits per heavy atom. The summed E-state index contributed by atoms with van der Waals surface area (Å²) < 4.78 is 0. The second-order valence-corrected chi connectivity index (χ2v) is 5.84. The van der Waals surface area contributed by atoms with Gasteiger partial charge in [0.15, 0.2) is 0 Å². The fraction of sp³-hybridized carbons (Fsp3) is 0.600. The van der Waals surface area contributed by atoms with Gasteiger partial charge in [0, 0.05) is 31.7 Å². The first-order valence-electron chi connectivity index (χ1n) is 7.15. The summed E-state index contributed by atoms with van der Waals surface area (Å²) in [5, 5.41) is 3.62. The predicted octanol–water partition coefficient (Wildman–Crippen LogP) is 1.97. The molecule has 2 saturated heterocycles. The highest BCUT2D eigenvalue weighted by atomic mass is 16.2. The quantitative estimate of drug-likeness (QED) is 0.902. The molecule has 19 heavy (non-hydrogen) atoms. The van der Waals surface area contributed by atoms with Crippen LogP contribution >= 0.6 is 0 Å². The average molecular weight is 259 g/mol. The monoisotopic (exact) mass is 259 g/mol. The third-order valence-electron chi connectivity index (χ3n) is 4.44. The number of nitrogens with one attached hydrogen (secondary N) is 1. The van der Waals surface area contributed by atoms with E-state index in [2.05, 4.69) is 10.3 Å². The molecular weight excluding hydrogens is 238 g/mol. The van der Waals surface area contributed by atoms with Gasteiger partial charge < -0.3 is 10.2 Å². The standard InChI is InChI=1S/C15H21N3O/c1-18(14-3-2-6-16-10-14)15(19)9-11-7-12-4-5-13(8-11)17-12/h2-3,6,10-13,17H,4-5,7-9H2,1H3. The summed E-state index contributed by atoms with van der Waals surface area (Å²) >= 11 is 0. The summed E-state index contributed by atoms with van der Waals surface area (Å²) in [7, 11) is 1.84. The Morgan fingerprint density at radius 2 is 2.16 bits per heavy atom. The van der Waals surface area contributed by atoms with Gasteiger partial charge in [-0.25, -0.2) is 0 Å². The van der Waals surface area contributed by atoms with Crippen LogP contribution in [0.25, 0.3) is 0 Å². The molecule has 1 aromatic rings. The summed E-state index contributed by atoms with van der Waals surface area (Å²) in [5.74, 6) is 0.754. The summed E-state index contributed by atoms with van der Waals surface area (Å²) in [6.07, 6.45) is 9.02. The molecule has 1 amide bonds. The number of carbonyl (C=O) groups excluding carboxylic acids is 1. The van der Waals surface area contributed by atoms with E-state index in [1.54, 1.807) is 17.3 Å². The van der Waals surface area contributed by atoms with Crippen molar-refractivity contribution in [1.82, 2.24) is 10.3 Å². The Balaban J connectivity index is 1.59. The van der Waals surface area contributed by atoms with Gasteiger partial charge in [0.1, 0.15) is 0 Å². The molecule has 4 heteroatoms. The number of fused-ring (bicyclic) bond motifs is 2. The fourth-order valence-electron chi connectivity index (χ4n) is 3.42. The molecule has 2 bridgehead atoms. The van der Waals surface area contributed by atoms with Crippen LogP contribution in [0.15, 0.2) is 24.5 Å². The smallest absolute Gasteiger partial charge is 0.227 e. The Morgan fingerprint density at radius 3 is 2.79 bits per heavy atom. The molecule has 2 aliphatic rings. The molecule has 2 fully saturated rings. The number of nitrogens with zero attached hydrogens (tertiary/aromatic N) is 2. The van der Waals surface area contributed by atoms with Gasteiger partial charge in [-0.1, -0.05) is 0 Å². The molecule has 0 spiro atoms. The van der Waals surface area contributed by atoms with Gasteiger partial charge in [-0.2, -0.15) is 0 Å². The maximum atomic E-state index is 12.3. The molecule has 102 valence electrons. The number of aromatic nitrogens is 1. The first-order chi connectivity index (χ1) is 9.22. The molecule has 0 saturated carbocycles. The van der Waals surface area contributed by atoms with Crippen LogP contribution in [0.4, 0.5) is 5.69 Å². The maximum absolute atomic E-state index is 12.3. The van der Waals surface area contributed by atoms with E-state index in [1.165, 1.54) is 12.8 Å². The Kier molecular flexibility index (Phi) is 3.51. The minimum absolute atomic E-state index is 0.208. The topological polar surface area (TPSA) is 45.2 Å². The number of anilines is 1. The van der Waals surface area contributed by atoms with E-state index in [0.717, 1.165) is 18.5 Å². The lowest BCUT2D eigenvalue weighted by molar-refractivity contribution is -0.119. The number of pyridine rings is 1. The largest absolute Gasteiger partial charge is 0.314 e. The van der Waals surface area contributed by atoms with Crippen molar-refractivity contribution in [3.63, 3.8) is 0 Å². The number of carbonyl (C=O) groups is 1. The number of piperidine rings is 1. The van der Waals surface area contributed by atoms with Crippen LogP contribution in [0, 0.1) is 5.92 Å². The molecule has 0 aromatic carbocycles. The van der Waals surface area contributed by atoms with E-state index >= 15 is 0 Å². The maximum Gasteiger partial charge on any atom is 0.227 e. The van der Waals surface area contributed by atoms with Crippen molar-refractivity contribution in [2.45, 2.75) is 44.2 Å².